The number of carbonyl (C=O) groups is 2. The topological polar surface area (TPSA) is 71.8 Å². The van der Waals surface area contributed by atoms with Crippen LogP contribution < -0.4 is 0 Å². The molecule has 0 bridgehead atoms. The third-order valence-electron chi connectivity index (χ3n) is 6.41. The zero-order valence-electron chi connectivity index (χ0n) is 22.2. The highest BCUT2D eigenvalue weighted by Gasteiger charge is 2.57. The number of halogens is 6. The van der Waals surface area contributed by atoms with Crippen molar-refractivity contribution in [3.8, 4) is 0 Å². The molecule has 0 radical (unpaired) electrons. The third kappa shape index (κ3) is 5.94. The minimum absolute atomic E-state index is 0.0363. The summed E-state index contributed by atoms with van der Waals surface area (Å²) in [4.78, 5) is 26.4. The number of alkyl halides is 3. The minimum Gasteiger partial charge on any atom is -0.462 e. The number of benzene rings is 2. The molecule has 1 unspecified atom stereocenters. The van der Waals surface area contributed by atoms with Crippen molar-refractivity contribution in [2.24, 2.45) is 0 Å². The molecule has 4 rings (SSSR count). The molecule has 2 aromatic carbocycles. The molecular formula is C27H28ClF5N2O4S. The van der Waals surface area contributed by atoms with Crippen molar-refractivity contribution in [1.82, 2.24) is 9.47 Å². The van der Waals surface area contributed by atoms with E-state index in [1.165, 1.54) is 34.9 Å². The highest BCUT2D eigenvalue weighted by molar-refractivity contribution is 7.99. The molecule has 3 aromatic rings. The molecule has 13 heteroatoms. The van der Waals surface area contributed by atoms with Crippen LogP contribution in [0.3, 0.4) is 0 Å². The predicted molar refractivity (Wildman–Crippen MR) is 142 cm³/mol. The molecule has 1 atom stereocenters. The lowest BCUT2D eigenvalue weighted by Gasteiger charge is -2.26. The molecule has 40 heavy (non-hydrogen) atoms. The van der Waals surface area contributed by atoms with Crippen LogP contribution in [0.1, 0.15) is 43.2 Å². The second-order valence-electron chi connectivity index (χ2n) is 8.79. The average Bonchev–Trinajstić information content (AvgIpc) is 3.44. The number of esters is 1. The Labute approximate surface area is 237 Å². The Kier molecular flexibility index (Phi) is 9.79. The lowest BCUT2D eigenvalue weighted by atomic mass is 10.0. The molecular weight excluding hydrogens is 579 g/mol. The van der Waals surface area contributed by atoms with Crippen LogP contribution in [0.25, 0.3) is 10.9 Å². The maximum Gasteiger partial charge on any atom is 0.419 e. The van der Waals surface area contributed by atoms with Gasteiger partial charge in [0.2, 0.25) is 5.91 Å². The van der Waals surface area contributed by atoms with Gasteiger partial charge in [-0.1, -0.05) is 43.3 Å². The van der Waals surface area contributed by atoms with E-state index in [4.69, 9.17) is 16.3 Å². The van der Waals surface area contributed by atoms with Crippen LogP contribution in [0.4, 0.5) is 22.0 Å². The van der Waals surface area contributed by atoms with E-state index in [1.807, 2.05) is 13.8 Å². The van der Waals surface area contributed by atoms with Gasteiger partial charge in [-0.3, -0.25) is 4.79 Å². The first kappa shape index (κ1) is 31.7. The molecule has 1 N–H and O–H groups in total. The highest BCUT2D eigenvalue weighted by Crippen LogP contribution is 2.42. The van der Waals surface area contributed by atoms with Crippen LogP contribution >= 0.6 is 23.4 Å². The predicted octanol–water partition coefficient (Wildman–Crippen LogP) is 6.76. The second kappa shape index (κ2) is 12.4. The standard InChI is InChI=1S/C25H22ClF5N2O4S.C2H6/c1-3-37-23(35)14-5-4-6-17(19(14)27)38-22-13(2)33(21-15(22)7-8-16(26)20(21)28)11-18(34)32-10-9-24(36,12-32)25(29,30)31;1-2/h4-8,36H,3,9-12H2,1-2H3;1-2H3. The number of likely N-dealkylation sites (tertiary alicyclic amines) is 1. The van der Waals surface area contributed by atoms with Gasteiger partial charge >= 0.3 is 12.1 Å². The van der Waals surface area contributed by atoms with Gasteiger partial charge in [0, 0.05) is 33.8 Å². The summed E-state index contributed by atoms with van der Waals surface area (Å²) >= 11 is 6.87. The van der Waals surface area contributed by atoms with E-state index in [-0.39, 0.29) is 39.5 Å². The molecule has 2 heterocycles. The van der Waals surface area contributed by atoms with Gasteiger partial charge in [-0.2, -0.15) is 13.2 Å². The molecule has 218 valence electrons. The highest BCUT2D eigenvalue weighted by atomic mass is 35.5. The fourth-order valence-corrected chi connectivity index (χ4v) is 5.59. The molecule has 1 amide bonds. The molecule has 1 aliphatic rings. The maximum absolute atomic E-state index is 15.2. The lowest BCUT2D eigenvalue weighted by molar-refractivity contribution is -0.253. The number of carbonyl (C=O) groups excluding carboxylic acids is 2. The molecule has 1 aliphatic heterocycles. The second-order valence-corrected chi connectivity index (χ2v) is 10.3. The Morgan fingerprint density at radius 3 is 2.42 bits per heavy atom. The molecule has 1 aromatic heterocycles. The SMILES string of the molecule is CC.CCOC(=O)c1cccc(Sc2c(C)n(CC(=O)N3CCC(O)(C(F)(F)F)C3)c3c(F)c(Cl)ccc23)c1F. The average molecular weight is 607 g/mol. The molecule has 6 nitrogen and oxygen atoms in total. The fourth-order valence-electron chi connectivity index (χ4n) is 4.34. The number of amides is 1. The smallest absolute Gasteiger partial charge is 0.419 e. The number of nitrogens with zero attached hydrogens (tertiary/aromatic N) is 2. The van der Waals surface area contributed by atoms with Crippen molar-refractivity contribution < 1.29 is 41.4 Å². The normalized spacial score (nSPS) is 17.1. The number of hydrogen-bond donors (Lipinski definition) is 1. The van der Waals surface area contributed by atoms with E-state index in [9.17, 15) is 27.9 Å². The van der Waals surface area contributed by atoms with Crippen LogP contribution in [0, 0.1) is 18.6 Å². The Morgan fingerprint density at radius 2 is 1.82 bits per heavy atom. The largest absolute Gasteiger partial charge is 0.462 e. The van der Waals surface area contributed by atoms with Crippen LogP contribution in [-0.4, -0.2) is 57.9 Å². The van der Waals surface area contributed by atoms with Gasteiger partial charge < -0.3 is 19.3 Å². The van der Waals surface area contributed by atoms with Crippen LogP contribution in [0.15, 0.2) is 40.1 Å². The summed E-state index contributed by atoms with van der Waals surface area (Å²) in [5.41, 5.74) is -3.06. The summed E-state index contributed by atoms with van der Waals surface area (Å²) in [6.07, 6.45) is -5.59. The van der Waals surface area contributed by atoms with E-state index < -0.39 is 54.8 Å². The summed E-state index contributed by atoms with van der Waals surface area (Å²) in [6, 6.07) is 6.93. The Hall–Kier alpha value is -2.83. The molecule has 0 aliphatic carbocycles. The number of rotatable bonds is 6. The Balaban J connectivity index is 0.00000216. The zero-order valence-corrected chi connectivity index (χ0v) is 23.7. The third-order valence-corrected chi connectivity index (χ3v) is 7.96. The molecule has 0 spiro atoms. The van der Waals surface area contributed by atoms with Crippen molar-refractivity contribution in [1.29, 1.82) is 0 Å². The number of ether oxygens (including phenoxy) is 1. The van der Waals surface area contributed by atoms with Crippen molar-refractivity contribution in [2.75, 3.05) is 19.7 Å². The van der Waals surface area contributed by atoms with Crippen LogP contribution in [0.2, 0.25) is 5.02 Å². The molecule has 1 saturated heterocycles. The number of aliphatic hydroxyl groups is 1. The summed E-state index contributed by atoms with van der Waals surface area (Å²) in [5.74, 6) is -3.32. The summed E-state index contributed by atoms with van der Waals surface area (Å²) < 4.78 is 76.2. The Morgan fingerprint density at radius 1 is 1.15 bits per heavy atom. The van der Waals surface area contributed by atoms with Gasteiger partial charge in [-0.15, -0.1) is 0 Å². The van der Waals surface area contributed by atoms with Gasteiger partial charge in [0.1, 0.15) is 6.54 Å². The van der Waals surface area contributed by atoms with Gasteiger partial charge in [-0.25, -0.2) is 13.6 Å². The summed E-state index contributed by atoms with van der Waals surface area (Å²) in [5, 5.41) is 9.98. The van der Waals surface area contributed by atoms with Crippen LogP contribution in [0.5, 0.6) is 0 Å². The minimum atomic E-state index is -4.91. The van der Waals surface area contributed by atoms with Gasteiger partial charge in [0.25, 0.3) is 0 Å². The monoisotopic (exact) mass is 606 g/mol. The van der Waals surface area contributed by atoms with E-state index in [2.05, 4.69) is 0 Å². The number of aromatic nitrogens is 1. The van der Waals surface area contributed by atoms with Crippen molar-refractivity contribution >= 4 is 46.1 Å². The lowest BCUT2D eigenvalue weighted by Crippen LogP contribution is -2.48. The van der Waals surface area contributed by atoms with Gasteiger partial charge in [0.05, 0.1) is 29.3 Å². The maximum atomic E-state index is 15.2. The molecule has 1 fully saturated rings. The van der Waals surface area contributed by atoms with E-state index in [1.54, 1.807) is 13.8 Å². The van der Waals surface area contributed by atoms with Gasteiger partial charge in [0.15, 0.2) is 17.2 Å². The zero-order chi connectivity index (χ0) is 30.0. The van der Waals surface area contributed by atoms with Crippen molar-refractivity contribution in [3.63, 3.8) is 0 Å². The number of hydrogen-bond acceptors (Lipinski definition) is 5. The first-order valence-corrected chi connectivity index (χ1v) is 13.7. The van der Waals surface area contributed by atoms with E-state index in [0.717, 1.165) is 16.7 Å². The first-order valence-electron chi connectivity index (χ1n) is 12.5. The van der Waals surface area contributed by atoms with Crippen molar-refractivity contribution in [2.45, 2.75) is 62.2 Å². The fraction of sp³-hybridized carbons (Fsp3) is 0.407. The quantitative estimate of drug-likeness (QED) is 0.248. The Bertz CT molecular complexity index is 1430. The summed E-state index contributed by atoms with van der Waals surface area (Å²) in [7, 11) is 0. The van der Waals surface area contributed by atoms with E-state index in [0.29, 0.717) is 10.6 Å². The summed E-state index contributed by atoms with van der Waals surface area (Å²) in [6.45, 7) is 5.37. The number of fused-ring (bicyclic) bond motifs is 1. The number of β-amino-alcohol motifs (C(OH)–C–C–N with tert-alkyl or cyclic N) is 1. The van der Waals surface area contributed by atoms with Crippen molar-refractivity contribution in [3.05, 3.63) is 58.2 Å². The first-order chi connectivity index (χ1) is 18.8. The molecule has 0 saturated carbocycles. The van der Waals surface area contributed by atoms with E-state index >= 15 is 8.78 Å². The van der Waals surface area contributed by atoms with Crippen LogP contribution in [-0.2, 0) is 16.1 Å². The van der Waals surface area contributed by atoms with Gasteiger partial charge in [-0.05, 0) is 38.1 Å².